The molecule has 3 aromatic rings. The van der Waals surface area contributed by atoms with Crippen molar-refractivity contribution in [3.8, 4) is 0 Å². The molecule has 0 aliphatic carbocycles. The molecule has 0 heterocycles. The molecule has 0 aromatic heterocycles. The number of benzene rings is 3. The number of hydrogen-bond donors (Lipinski definition) is 0. The zero-order valence-electron chi connectivity index (χ0n) is 14.1. The molecule has 0 fully saturated rings. The molecule has 2 nitrogen and oxygen atoms in total. The van der Waals surface area contributed by atoms with Crippen molar-refractivity contribution in [2.45, 2.75) is 20.0 Å². The third kappa shape index (κ3) is 4.03. The normalized spacial score (nSPS) is 10.5. The van der Waals surface area contributed by atoms with E-state index >= 15 is 0 Å². The van der Waals surface area contributed by atoms with Crippen LogP contribution in [-0.4, -0.2) is 6.61 Å². The lowest BCUT2D eigenvalue weighted by Gasteiger charge is -2.25. The van der Waals surface area contributed by atoms with Crippen molar-refractivity contribution < 1.29 is 4.74 Å². The fraction of sp³-hybridized carbons (Fsp3) is 0.182. The van der Waals surface area contributed by atoms with Gasteiger partial charge >= 0.3 is 0 Å². The number of anilines is 3. The second-order valence-corrected chi connectivity index (χ2v) is 5.73. The van der Waals surface area contributed by atoms with Gasteiger partial charge in [0.2, 0.25) is 0 Å². The van der Waals surface area contributed by atoms with Crippen LogP contribution in [0.5, 0.6) is 0 Å². The average Bonchev–Trinajstić information content (AvgIpc) is 2.65. The van der Waals surface area contributed by atoms with Gasteiger partial charge in [-0.3, -0.25) is 0 Å². The fourth-order valence-electron chi connectivity index (χ4n) is 2.68. The van der Waals surface area contributed by atoms with Crippen molar-refractivity contribution in [3.05, 3.63) is 90.5 Å². The Morgan fingerprint density at radius 1 is 0.667 bits per heavy atom. The van der Waals surface area contributed by atoms with E-state index in [0.717, 1.165) is 30.1 Å². The summed E-state index contributed by atoms with van der Waals surface area (Å²) in [6.07, 6.45) is 1.05. The molecule has 0 saturated carbocycles. The Hall–Kier alpha value is -2.58. The van der Waals surface area contributed by atoms with Crippen molar-refractivity contribution in [2.24, 2.45) is 0 Å². The van der Waals surface area contributed by atoms with E-state index in [0.29, 0.717) is 6.61 Å². The van der Waals surface area contributed by atoms with Gasteiger partial charge in [0.25, 0.3) is 0 Å². The summed E-state index contributed by atoms with van der Waals surface area (Å²) < 4.78 is 5.62. The van der Waals surface area contributed by atoms with E-state index in [-0.39, 0.29) is 0 Å². The molecular formula is C22H23NO. The van der Waals surface area contributed by atoms with Gasteiger partial charge in [0.1, 0.15) is 0 Å². The zero-order chi connectivity index (χ0) is 16.6. The maximum Gasteiger partial charge on any atom is 0.0716 e. The lowest BCUT2D eigenvalue weighted by Crippen LogP contribution is -2.09. The summed E-state index contributed by atoms with van der Waals surface area (Å²) in [6.45, 7) is 3.60. The Bertz CT molecular complexity index is 683. The largest absolute Gasteiger partial charge is 0.377 e. The molecule has 0 aliphatic heterocycles. The van der Waals surface area contributed by atoms with Gasteiger partial charge in [-0.1, -0.05) is 55.5 Å². The Balaban J connectivity index is 1.89. The third-order valence-electron chi connectivity index (χ3n) is 3.84. The third-order valence-corrected chi connectivity index (χ3v) is 3.84. The smallest absolute Gasteiger partial charge is 0.0716 e. The van der Waals surface area contributed by atoms with Crippen molar-refractivity contribution in [3.63, 3.8) is 0 Å². The van der Waals surface area contributed by atoms with Crippen molar-refractivity contribution >= 4 is 17.1 Å². The first kappa shape index (κ1) is 16.3. The average molecular weight is 317 g/mol. The maximum atomic E-state index is 5.62. The van der Waals surface area contributed by atoms with Crippen LogP contribution in [0.3, 0.4) is 0 Å². The van der Waals surface area contributed by atoms with Crippen molar-refractivity contribution in [2.75, 3.05) is 11.5 Å². The Kier molecular flexibility index (Phi) is 5.65. The molecule has 0 saturated heterocycles. The Labute approximate surface area is 144 Å². The summed E-state index contributed by atoms with van der Waals surface area (Å²) in [6, 6.07) is 29.5. The molecule has 0 unspecified atom stereocenters. The summed E-state index contributed by atoms with van der Waals surface area (Å²) >= 11 is 0. The van der Waals surface area contributed by atoms with Crippen LogP contribution in [0.15, 0.2) is 84.9 Å². The van der Waals surface area contributed by atoms with Crippen LogP contribution in [0.4, 0.5) is 17.1 Å². The highest BCUT2D eigenvalue weighted by Crippen LogP contribution is 2.33. The van der Waals surface area contributed by atoms with E-state index < -0.39 is 0 Å². The van der Waals surface area contributed by atoms with E-state index in [1.165, 1.54) is 5.56 Å². The lowest BCUT2D eigenvalue weighted by molar-refractivity contribution is 0.121. The summed E-state index contributed by atoms with van der Waals surface area (Å²) in [5.74, 6) is 0. The van der Waals surface area contributed by atoms with Gasteiger partial charge in [-0.05, 0) is 48.4 Å². The molecule has 122 valence electrons. The van der Waals surface area contributed by atoms with Crippen LogP contribution < -0.4 is 4.90 Å². The number of rotatable bonds is 7. The van der Waals surface area contributed by atoms with E-state index in [4.69, 9.17) is 4.74 Å². The molecule has 24 heavy (non-hydrogen) atoms. The predicted octanol–water partition coefficient (Wildman–Crippen LogP) is 6.08. The number of hydrogen-bond acceptors (Lipinski definition) is 2. The van der Waals surface area contributed by atoms with Gasteiger partial charge in [0.15, 0.2) is 0 Å². The molecule has 0 aliphatic rings. The SMILES string of the molecule is CCCOCc1ccc(N(c2ccccc2)c2ccccc2)cc1. The van der Waals surface area contributed by atoms with Crippen molar-refractivity contribution in [1.82, 2.24) is 0 Å². The fourth-order valence-corrected chi connectivity index (χ4v) is 2.68. The van der Waals surface area contributed by atoms with Gasteiger partial charge in [-0.15, -0.1) is 0 Å². The summed E-state index contributed by atoms with van der Waals surface area (Å²) in [5.41, 5.74) is 4.65. The van der Waals surface area contributed by atoms with Crippen LogP contribution in [0.2, 0.25) is 0 Å². The zero-order valence-corrected chi connectivity index (χ0v) is 14.1. The maximum absolute atomic E-state index is 5.62. The van der Waals surface area contributed by atoms with Gasteiger partial charge < -0.3 is 9.64 Å². The molecule has 0 bridgehead atoms. The van der Waals surface area contributed by atoms with Gasteiger partial charge in [0, 0.05) is 23.7 Å². The van der Waals surface area contributed by atoms with Crippen LogP contribution in [-0.2, 0) is 11.3 Å². The molecule has 0 N–H and O–H groups in total. The first-order valence-electron chi connectivity index (χ1n) is 8.45. The molecule has 0 radical (unpaired) electrons. The number of para-hydroxylation sites is 2. The molecule has 3 aromatic carbocycles. The topological polar surface area (TPSA) is 12.5 Å². The summed E-state index contributed by atoms with van der Waals surface area (Å²) in [4.78, 5) is 2.26. The van der Waals surface area contributed by atoms with E-state index in [1.54, 1.807) is 0 Å². The highest BCUT2D eigenvalue weighted by atomic mass is 16.5. The van der Waals surface area contributed by atoms with E-state index in [2.05, 4.69) is 84.6 Å². The second-order valence-electron chi connectivity index (χ2n) is 5.73. The van der Waals surface area contributed by atoms with Crippen LogP contribution in [0.1, 0.15) is 18.9 Å². The lowest BCUT2D eigenvalue weighted by atomic mass is 10.1. The van der Waals surface area contributed by atoms with E-state index in [9.17, 15) is 0 Å². The number of ether oxygens (including phenoxy) is 1. The van der Waals surface area contributed by atoms with Crippen LogP contribution in [0, 0.1) is 0 Å². The number of nitrogens with zero attached hydrogens (tertiary/aromatic N) is 1. The minimum absolute atomic E-state index is 0.671. The first-order chi connectivity index (χ1) is 11.9. The Morgan fingerprint density at radius 2 is 1.17 bits per heavy atom. The Morgan fingerprint density at radius 3 is 1.67 bits per heavy atom. The molecule has 0 amide bonds. The van der Waals surface area contributed by atoms with Crippen LogP contribution in [0.25, 0.3) is 0 Å². The summed E-state index contributed by atoms with van der Waals surface area (Å²) in [7, 11) is 0. The molecule has 0 atom stereocenters. The highest BCUT2D eigenvalue weighted by Gasteiger charge is 2.11. The minimum Gasteiger partial charge on any atom is -0.377 e. The molecule has 3 rings (SSSR count). The standard InChI is InChI=1S/C22H23NO/c1-2-17-24-18-19-13-15-22(16-14-19)23(20-9-5-3-6-10-20)21-11-7-4-8-12-21/h3-16H,2,17-18H2,1H3. The van der Waals surface area contributed by atoms with Gasteiger partial charge in [-0.25, -0.2) is 0 Å². The minimum atomic E-state index is 0.671. The molecular weight excluding hydrogens is 294 g/mol. The predicted molar refractivity (Wildman–Crippen MR) is 101 cm³/mol. The molecule has 2 heteroatoms. The summed E-state index contributed by atoms with van der Waals surface area (Å²) in [5, 5.41) is 0. The highest BCUT2D eigenvalue weighted by molar-refractivity contribution is 5.76. The monoisotopic (exact) mass is 317 g/mol. The molecule has 0 spiro atoms. The second kappa shape index (κ2) is 8.32. The van der Waals surface area contributed by atoms with E-state index in [1.807, 2.05) is 12.1 Å². The van der Waals surface area contributed by atoms with Gasteiger partial charge in [-0.2, -0.15) is 0 Å². The van der Waals surface area contributed by atoms with Gasteiger partial charge in [0.05, 0.1) is 6.61 Å². The van der Waals surface area contributed by atoms with Crippen LogP contribution >= 0.6 is 0 Å². The quantitative estimate of drug-likeness (QED) is 0.489. The first-order valence-corrected chi connectivity index (χ1v) is 8.45. The van der Waals surface area contributed by atoms with Crippen molar-refractivity contribution in [1.29, 1.82) is 0 Å².